The molecular weight excluding hydrogens is 286 g/mol. The minimum absolute atomic E-state index is 0.0403. The van der Waals surface area contributed by atoms with E-state index < -0.39 is 6.09 Å². The fourth-order valence-electron chi connectivity index (χ4n) is 2.42. The number of anilines is 1. The van der Waals surface area contributed by atoms with Crippen LogP contribution in [0, 0.1) is 0 Å². The molecule has 1 N–H and O–H groups in total. The summed E-state index contributed by atoms with van der Waals surface area (Å²) < 4.78 is 9.81. The first-order valence-electron chi connectivity index (χ1n) is 7.13. The lowest BCUT2D eigenvalue weighted by Crippen LogP contribution is -2.51. The molecule has 0 unspecified atom stereocenters. The molecule has 1 saturated heterocycles. The lowest BCUT2D eigenvalue weighted by atomic mass is 10.2. The molecule has 1 aromatic carbocycles. The number of amides is 2. The van der Waals surface area contributed by atoms with Crippen molar-refractivity contribution < 1.29 is 19.1 Å². The molecule has 22 heavy (non-hydrogen) atoms. The van der Waals surface area contributed by atoms with Crippen LogP contribution in [0.5, 0.6) is 5.75 Å². The highest BCUT2D eigenvalue weighted by atomic mass is 16.5. The molecule has 1 aliphatic rings. The molecule has 1 heterocycles. The van der Waals surface area contributed by atoms with Crippen molar-refractivity contribution in [3.63, 3.8) is 0 Å². The van der Waals surface area contributed by atoms with Gasteiger partial charge in [0.15, 0.2) is 0 Å². The first kappa shape index (κ1) is 15.9. The Hall–Kier alpha value is -2.44. The Morgan fingerprint density at radius 2 is 1.82 bits per heavy atom. The number of nitrogens with zero attached hydrogens (tertiary/aromatic N) is 2. The summed E-state index contributed by atoms with van der Waals surface area (Å²) in [5.74, 6) is 0.722. The second-order valence-electron chi connectivity index (χ2n) is 4.88. The standard InChI is InChI=1S/C15H21N3O4/c1-21-13-6-4-3-5-12(13)17-7-9-18(10-8-17)14(19)11-16-15(20)22-2/h3-6H,7-11H2,1-2H3,(H,16,20). The van der Waals surface area contributed by atoms with Gasteiger partial charge in [-0.2, -0.15) is 0 Å². The zero-order chi connectivity index (χ0) is 15.9. The van der Waals surface area contributed by atoms with Gasteiger partial charge in [-0.05, 0) is 12.1 Å². The molecule has 1 fully saturated rings. The predicted octanol–water partition coefficient (Wildman–Crippen LogP) is 0.700. The SMILES string of the molecule is COC(=O)NCC(=O)N1CCN(c2ccccc2OC)CC1. The number of carbonyl (C=O) groups excluding carboxylic acids is 2. The number of hydrogen-bond donors (Lipinski definition) is 1. The van der Waals surface area contributed by atoms with Crippen LogP contribution < -0.4 is 15.0 Å². The van der Waals surface area contributed by atoms with E-state index in [1.807, 2.05) is 24.3 Å². The first-order chi connectivity index (χ1) is 10.7. The van der Waals surface area contributed by atoms with E-state index in [0.717, 1.165) is 24.5 Å². The molecule has 0 bridgehead atoms. The molecule has 0 aliphatic carbocycles. The molecule has 1 aliphatic heterocycles. The third-order valence-electron chi connectivity index (χ3n) is 3.63. The van der Waals surface area contributed by atoms with Crippen LogP contribution in [0.3, 0.4) is 0 Å². The van der Waals surface area contributed by atoms with E-state index in [2.05, 4.69) is 15.0 Å². The summed E-state index contributed by atoms with van der Waals surface area (Å²) in [6.45, 7) is 2.63. The second kappa shape index (κ2) is 7.53. The van der Waals surface area contributed by atoms with Crippen molar-refractivity contribution in [3.8, 4) is 5.75 Å². The monoisotopic (exact) mass is 307 g/mol. The number of piperazine rings is 1. The Bertz CT molecular complexity index is 527. The van der Waals surface area contributed by atoms with Gasteiger partial charge in [-0.15, -0.1) is 0 Å². The number of rotatable bonds is 4. The summed E-state index contributed by atoms with van der Waals surface area (Å²) in [5, 5.41) is 2.40. The van der Waals surface area contributed by atoms with Gasteiger partial charge < -0.3 is 24.6 Å². The Morgan fingerprint density at radius 3 is 2.45 bits per heavy atom. The summed E-state index contributed by atoms with van der Waals surface area (Å²) in [4.78, 5) is 26.9. The van der Waals surface area contributed by atoms with E-state index in [0.29, 0.717) is 13.1 Å². The normalized spacial score (nSPS) is 14.5. The first-order valence-corrected chi connectivity index (χ1v) is 7.13. The van der Waals surface area contributed by atoms with Gasteiger partial charge in [-0.3, -0.25) is 4.79 Å². The number of carbonyl (C=O) groups is 2. The van der Waals surface area contributed by atoms with Crippen LogP contribution in [-0.4, -0.2) is 63.8 Å². The molecule has 0 radical (unpaired) electrons. The topological polar surface area (TPSA) is 71.1 Å². The van der Waals surface area contributed by atoms with Crippen molar-refractivity contribution in [2.45, 2.75) is 0 Å². The number of hydrogen-bond acceptors (Lipinski definition) is 5. The van der Waals surface area contributed by atoms with Crippen molar-refractivity contribution in [3.05, 3.63) is 24.3 Å². The number of methoxy groups -OCH3 is 2. The highest BCUT2D eigenvalue weighted by molar-refractivity contribution is 5.82. The van der Waals surface area contributed by atoms with Crippen LogP contribution >= 0.6 is 0 Å². The predicted molar refractivity (Wildman–Crippen MR) is 82.2 cm³/mol. The molecular formula is C15H21N3O4. The highest BCUT2D eigenvalue weighted by Crippen LogP contribution is 2.28. The number of ether oxygens (including phenoxy) is 2. The van der Waals surface area contributed by atoms with Crippen molar-refractivity contribution >= 4 is 17.7 Å². The van der Waals surface area contributed by atoms with Crippen LogP contribution in [0.4, 0.5) is 10.5 Å². The van der Waals surface area contributed by atoms with E-state index in [4.69, 9.17) is 4.74 Å². The molecule has 2 rings (SSSR count). The van der Waals surface area contributed by atoms with Gasteiger partial charge >= 0.3 is 6.09 Å². The fraction of sp³-hybridized carbons (Fsp3) is 0.467. The Morgan fingerprint density at radius 1 is 1.14 bits per heavy atom. The van der Waals surface area contributed by atoms with Crippen molar-refractivity contribution in [1.29, 1.82) is 0 Å². The number of para-hydroxylation sites is 2. The van der Waals surface area contributed by atoms with Gasteiger partial charge in [-0.1, -0.05) is 12.1 Å². The van der Waals surface area contributed by atoms with Gasteiger partial charge in [0.2, 0.25) is 5.91 Å². The smallest absolute Gasteiger partial charge is 0.407 e. The summed E-state index contributed by atoms with van der Waals surface area (Å²) >= 11 is 0. The molecule has 0 atom stereocenters. The van der Waals surface area contributed by atoms with Crippen molar-refractivity contribution in [1.82, 2.24) is 10.2 Å². The molecule has 7 nitrogen and oxygen atoms in total. The quantitative estimate of drug-likeness (QED) is 0.886. The number of benzene rings is 1. The lowest BCUT2D eigenvalue weighted by Gasteiger charge is -2.36. The fourth-order valence-corrected chi connectivity index (χ4v) is 2.42. The van der Waals surface area contributed by atoms with E-state index >= 15 is 0 Å². The summed E-state index contributed by atoms with van der Waals surface area (Å²) in [6, 6.07) is 7.83. The highest BCUT2D eigenvalue weighted by Gasteiger charge is 2.22. The van der Waals surface area contributed by atoms with E-state index in [-0.39, 0.29) is 12.5 Å². The summed E-state index contributed by atoms with van der Waals surface area (Å²) in [7, 11) is 2.92. The third-order valence-corrected chi connectivity index (χ3v) is 3.63. The number of alkyl carbamates (subject to hydrolysis) is 1. The average molecular weight is 307 g/mol. The molecule has 1 aromatic rings. The maximum atomic E-state index is 12.0. The van der Waals surface area contributed by atoms with Crippen molar-refractivity contribution in [2.75, 3.05) is 51.8 Å². The summed E-state index contributed by atoms with van der Waals surface area (Å²) in [6.07, 6.45) is -0.596. The summed E-state index contributed by atoms with van der Waals surface area (Å²) in [5.41, 5.74) is 1.03. The Balaban J connectivity index is 1.87. The molecule has 2 amide bonds. The molecule has 120 valence electrons. The molecule has 0 aromatic heterocycles. The van der Waals surface area contributed by atoms with Crippen molar-refractivity contribution in [2.24, 2.45) is 0 Å². The zero-order valence-corrected chi connectivity index (χ0v) is 12.9. The van der Waals surface area contributed by atoms with Gasteiger partial charge in [0.05, 0.1) is 19.9 Å². The van der Waals surface area contributed by atoms with Gasteiger partial charge in [-0.25, -0.2) is 4.79 Å². The van der Waals surface area contributed by atoms with Gasteiger partial charge in [0.25, 0.3) is 0 Å². The Kier molecular flexibility index (Phi) is 5.46. The second-order valence-corrected chi connectivity index (χ2v) is 4.88. The van der Waals surface area contributed by atoms with Crippen LogP contribution in [0.1, 0.15) is 0 Å². The average Bonchev–Trinajstić information content (AvgIpc) is 2.59. The largest absolute Gasteiger partial charge is 0.495 e. The van der Waals surface area contributed by atoms with Gasteiger partial charge in [0, 0.05) is 26.2 Å². The van der Waals surface area contributed by atoms with E-state index in [9.17, 15) is 9.59 Å². The maximum absolute atomic E-state index is 12.0. The molecule has 0 spiro atoms. The van der Waals surface area contributed by atoms with Crippen LogP contribution in [0.25, 0.3) is 0 Å². The minimum Gasteiger partial charge on any atom is -0.495 e. The zero-order valence-electron chi connectivity index (χ0n) is 12.9. The maximum Gasteiger partial charge on any atom is 0.407 e. The van der Waals surface area contributed by atoms with E-state index in [1.165, 1.54) is 7.11 Å². The van der Waals surface area contributed by atoms with Crippen LogP contribution in [-0.2, 0) is 9.53 Å². The molecule has 7 heteroatoms. The number of nitrogens with one attached hydrogen (secondary N) is 1. The van der Waals surface area contributed by atoms with Gasteiger partial charge in [0.1, 0.15) is 12.3 Å². The van der Waals surface area contributed by atoms with E-state index in [1.54, 1.807) is 12.0 Å². The lowest BCUT2D eigenvalue weighted by molar-refractivity contribution is -0.130. The van der Waals surface area contributed by atoms with Crippen LogP contribution in [0.2, 0.25) is 0 Å². The third kappa shape index (κ3) is 3.81. The Labute approximate surface area is 129 Å². The molecule has 0 saturated carbocycles. The minimum atomic E-state index is -0.596. The van der Waals surface area contributed by atoms with Crippen LogP contribution in [0.15, 0.2) is 24.3 Å².